The first-order valence-corrected chi connectivity index (χ1v) is 5.50. The summed E-state index contributed by atoms with van der Waals surface area (Å²) in [6, 6.07) is 0. The van der Waals surface area contributed by atoms with Crippen molar-refractivity contribution in [2.75, 3.05) is 13.2 Å². The predicted octanol–water partition coefficient (Wildman–Crippen LogP) is -4.65. The van der Waals surface area contributed by atoms with Crippen LogP contribution in [0.1, 0.15) is 26.2 Å². The molecule has 2 atom stereocenters. The molecule has 104 valence electrons. The average Bonchev–Trinajstić information content (AvgIpc) is 2.89. The van der Waals surface area contributed by atoms with Crippen LogP contribution in [-0.4, -0.2) is 50.1 Å². The van der Waals surface area contributed by atoms with Crippen molar-refractivity contribution < 1.29 is 39.5 Å². The Kier molecular flexibility index (Phi) is 16.6. The molecule has 0 saturated heterocycles. The zero-order chi connectivity index (χ0) is 11.3. The van der Waals surface area contributed by atoms with E-state index in [9.17, 15) is 4.79 Å². The smallest absolute Gasteiger partial charge is 0.309 e. The molecule has 3 nitrogen and oxygen atoms in total. The minimum Gasteiger partial charge on any atom is -1.00 e. The van der Waals surface area contributed by atoms with Crippen molar-refractivity contribution in [2.24, 2.45) is 11.8 Å². The van der Waals surface area contributed by atoms with E-state index in [1.807, 2.05) is 13.0 Å². The molecule has 1 aliphatic rings. The zero-order valence-electron chi connectivity index (χ0n) is 10.6. The van der Waals surface area contributed by atoms with E-state index in [1.165, 1.54) is 5.92 Å². The minimum atomic E-state index is -0.114. The van der Waals surface area contributed by atoms with Gasteiger partial charge >= 0.3 is 5.97 Å². The number of halogens is 2. The first kappa shape index (κ1) is 23.7. The third kappa shape index (κ3) is 6.69. The Morgan fingerprint density at radius 2 is 2.11 bits per heavy atom. The van der Waals surface area contributed by atoms with Crippen molar-refractivity contribution in [3.05, 3.63) is 18.6 Å². The molecule has 1 fully saturated rings. The number of aliphatic hydroxyl groups excluding tert-OH is 1. The Labute approximate surface area is 140 Å². The fraction of sp³-hybridized carbons (Fsp3) is 0.667. The van der Waals surface area contributed by atoms with Gasteiger partial charge in [-0.25, -0.2) is 0 Å². The summed E-state index contributed by atoms with van der Waals surface area (Å²) in [5.74, 6) is 1.39. The fourth-order valence-electron chi connectivity index (χ4n) is 2.02. The van der Waals surface area contributed by atoms with Crippen LogP contribution >= 0.6 is 0 Å². The normalized spacial score (nSPS) is 20.8. The second kappa shape index (κ2) is 12.6. The summed E-state index contributed by atoms with van der Waals surface area (Å²) in [4.78, 5) is 11.5. The van der Waals surface area contributed by atoms with Crippen LogP contribution in [0.15, 0.2) is 12.7 Å². The second-order valence-electron chi connectivity index (χ2n) is 3.76. The van der Waals surface area contributed by atoms with E-state index in [-0.39, 0.29) is 69.2 Å². The summed E-state index contributed by atoms with van der Waals surface area (Å²) in [6.07, 6.45) is 4.24. The molecule has 0 unspecified atom stereocenters. The van der Waals surface area contributed by atoms with E-state index in [4.69, 9.17) is 9.84 Å². The van der Waals surface area contributed by atoms with Gasteiger partial charge in [0, 0.05) is 32.5 Å². The molecule has 6 heteroatoms. The van der Waals surface area contributed by atoms with E-state index in [2.05, 4.69) is 6.58 Å². The van der Waals surface area contributed by atoms with Gasteiger partial charge < -0.3 is 34.7 Å². The maximum Gasteiger partial charge on any atom is 0.309 e. The Bertz CT molecular complexity index is 239. The predicted molar refractivity (Wildman–Crippen MR) is 63.7 cm³/mol. The molecule has 0 bridgehead atoms. The molecule has 18 heavy (non-hydrogen) atoms. The molecular weight excluding hydrogens is 378 g/mol. The zero-order valence-corrected chi connectivity index (χ0v) is 15.4. The van der Waals surface area contributed by atoms with Crippen LogP contribution < -0.4 is 24.8 Å². The van der Waals surface area contributed by atoms with Crippen molar-refractivity contribution in [1.82, 2.24) is 0 Å². The fourth-order valence-corrected chi connectivity index (χ4v) is 2.02. The molecule has 0 amide bonds. The van der Waals surface area contributed by atoms with Gasteiger partial charge in [-0.2, -0.15) is 0 Å². The summed E-state index contributed by atoms with van der Waals surface area (Å²) < 4.78 is 5.00. The Balaban J connectivity index is -0.000000750. The van der Waals surface area contributed by atoms with Gasteiger partial charge in [0.2, 0.25) is 0 Å². The third-order valence-corrected chi connectivity index (χ3v) is 2.75. The van der Waals surface area contributed by atoms with Gasteiger partial charge in [-0.05, 0) is 38.0 Å². The maximum absolute atomic E-state index is 11.5. The van der Waals surface area contributed by atoms with Gasteiger partial charge in [0.05, 0.1) is 12.5 Å². The average molecular weight is 397 g/mol. The number of rotatable bonds is 7. The molecule has 0 spiro atoms. The van der Waals surface area contributed by atoms with Crippen LogP contribution in [-0.2, 0) is 9.53 Å². The molecule has 4 radical (unpaired) electrons. The Hall–Kier alpha value is 0.620. The monoisotopic (exact) mass is 396 g/mol. The summed E-state index contributed by atoms with van der Waals surface area (Å²) in [5, 5.41) is 8.74. The van der Waals surface area contributed by atoms with Gasteiger partial charge in [-0.3, -0.25) is 4.79 Å². The van der Waals surface area contributed by atoms with Crippen LogP contribution in [0.4, 0.5) is 0 Å². The maximum atomic E-state index is 11.5. The molecule has 0 aliphatic heterocycles. The van der Waals surface area contributed by atoms with Crippen molar-refractivity contribution in [3.8, 4) is 0 Å². The quantitative estimate of drug-likeness (QED) is 0.348. The van der Waals surface area contributed by atoms with E-state index in [0.29, 0.717) is 12.5 Å². The SMILES string of the molecule is C=CC[C@@H]1[C](CCCO)[C@@H]1C(=O)OCC.[Cl-].[Cl-].[In]. The van der Waals surface area contributed by atoms with Crippen LogP contribution in [0, 0.1) is 17.8 Å². The Morgan fingerprint density at radius 3 is 2.56 bits per heavy atom. The molecular formula is C12H19Cl2InO3-2. The summed E-state index contributed by atoms with van der Waals surface area (Å²) in [6.45, 7) is 6.11. The van der Waals surface area contributed by atoms with Crippen molar-refractivity contribution in [2.45, 2.75) is 26.2 Å². The molecule has 0 aromatic carbocycles. The number of ether oxygens (including phenoxy) is 1. The van der Waals surface area contributed by atoms with Gasteiger partial charge in [0.1, 0.15) is 0 Å². The van der Waals surface area contributed by atoms with Gasteiger partial charge in [0.25, 0.3) is 0 Å². The molecule has 0 aromatic heterocycles. The number of aliphatic hydroxyl groups is 1. The van der Waals surface area contributed by atoms with Gasteiger partial charge in [0.15, 0.2) is 0 Å². The number of esters is 1. The molecule has 1 rings (SSSR count). The van der Waals surface area contributed by atoms with Crippen LogP contribution in [0.2, 0.25) is 0 Å². The van der Waals surface area contributed by atoms with Crippen LogP contribution in [0.25, 0.3) is 0 Å². The van der Waals surface area contributed by atoms with Crippen LogP contribution in [0.3, 0.4) is 0 Å². The molecule has 1 N–H and O–H groups in total. The number of carbonyl (C=O) groups excluding carboxylic acids is 1. The van der Waals surface area contributed by atoms with Crippen molar-refractivity contribution in [1.29, 1.82) is 0 Å². The van der Waals surface area contributed by atoms with Crippen molar-refractivity contribution in [3.63, 3.8) is 0 Å². The summed E-state index contributed by atoms with van der Waals surface area (Å²) in [5.41, 5.74) is 0. The van der Waals surface area contributed by atoms with E-state index < -0.39 is 0 Å². The standard InChI is InChI=1S/C12H19O3.2ClH.In/c1-3-6-9-10(7-5-8-13)11(9)12(14)15-4-2;;;/h3,9,11,13H,1,4-8H2,2H3;2*1H;/p-2/t9-,11-;;;/m1.../s1. The summed E-state index contributed by atoms with van der Waals surface area (Å²) >= 11 is 0. The molecule has 0 aromatic rings. The van der Waals surface area contributed by atoms with Gasteiger partial charge in [-0.1, -0.05) is 6.08 Å². The second-order valence-corrected chi connectivity index (χ2v) is 3.76. The molecule has 1 aliphatic carbocycles. The topological polar surface area (TPSA) is 46.5 Å². The molecule has 0 heterocycles. The number of hydrogen-bond acceptors (Lipinski definition) is 3. The Morgan fingerprint density at radius 1 is 1.50 bits per heavy atom. The van der Waals surface area contributed by atoms with E-state index >= 15 is 0 Å². The minimum absolute atomic E-state index is 0. The largest absolute Gasteiger partial charge is 1.00 e. The molecule has 1 saturated carbocycles. The number of carbonyl (C=O) groups is 1. The number of hydrogen-bond donors (Lipinski definition) is 1. The number of allylic oxidation sites excluding steroid dienone is 1. The third-order valence-electron chi connectivity index (χ3n) is 2.75. The first-order chi connectivity index (χ1) is 7.26. The van der Waals surface area contributed by atoms with Gasteiger partial charge in [-0.15, -0.1) is 6.58 Å². The van der Waals surface area contributed by atoms with E-state index in [1.54, 1.807) is 0 Å². The first-order valence-electron chi connectivity index (χ1n) is 5.50. The summed E-state index contributed by atoms with van der Waals surface area (Å²) in [7, 11) is 0. The van der Waals surface area contributed by atoms with Crippen LogP contribution in [0.5, 0.6) is 0 Å². The van der Waals surface area contributed by atoms with Crippen molar-refractivity contribution >= 4 is 31.8 Å². The van der Waals surface area contributed by atoms with E-state index in [0.717, 1.165) is 19.3 Å².